The summed E-state index contributed by atoms with van der Waals surface area (Å²) in [6, 6.07) is 21.1. The van der Waals surface area contributed by atoms with Gasteiger partial charge in [0.1, 0.15) is 24.1 Å². The number of H-pyrrole nitrogens is 1. The molecule has 0 spiro atoms. The van der Waals surface area contributed by atoms with Gasteiger partial charge in [-0.2, -0.15) is 0 Å². The van der Waals surface area contributed by atoms with Gasteiger partial charge in [-0.15, -0.1) is 0 Å². The molecular formula is C28H33N5O. The number of nitrogens with zero attached hydrogens (tertiary/aromatic N) is 2. The van der Waals surface area contributed by atoms with Crippen molar-refractivity contribution >= 4 is 23.1 Å². The predicted molar refractivity (Wildman–Crippen MR) is 139 cm³/mol. The normalized spacial score (nSPS) is 11.1. The third-order valence-electron chi connectivity index (χ3n) is 6.00. The van der Waals surface area contributed by atoms with Gasteiger partial charge in [0, 0.05) is 25.2 Å². The van der Waals surface area contributed by atoms with Crippen molar-refractivity contribution in [3.05, 3.63) is 78.1 Å². The summed E-state index contributed by atoms with van der Waals surface area (Å²) in [6.07, 6.45) is 9.10. The molecule has 34 heavy (non-hydrogen) atoms. The maximum absolute atomic E-state index is 10.3. The number of unbranched alkanes of at least 4 members (excludes halogenated alkanes) is 5. The maximum atomic E-state index is 10.3. The smallest absolute Gasteiger partial charge is 0.143 e. The molecule has 0 bridgehead atoms. The molecule has 4 aromatic rings. The third kappa shape index (κ3) is 6.75. The zero-order valence-electron chi connectivity index (χ0n) is 19.6. The zero-order chi connectivity index (χ0) is 23.4. The Morgan fingerprint density at radius 3 is 2.41 bits per heavy atom. The van der Waals surface area contributed by atoms with Gasteiger partial charge < -0.3 is 20.4 Å². The average Bonchev–Trinajstić information content (AvgIpc) is 3.32. The van der Waals surface area contributed by atoms with E-state index in [1.165, 1.54) is 30.4 Å². The second kappa shape index (κ2) is 12.7. The number of rotatable bonds is 14. The molecule has 2 aromatic carbocycles. The number of aromatic nitrogens is 3. The molecule has 0 aliphatic carbocycles. The average molecular weight is 456 g/mol. The van der Waals surface area contributed by atoms with Crippen molar-refractivity contribution in [1.82, 2.24) is 20.3 Å². The number of aldehydes is 1. The van der Waals surface area contributed by atoms with E-state index < -0.39 is 0 Å². The van der Waals surface area contributed by atoms with Crippen molar-refractivity contribution < 1.29 is 4.79 Å². The highest BCUT2D eigenvalue weighted by Crippen LogP contribution is 2.27. The van der Waals surface area contributed by atoms with Crippen LogP contribution in [0.3, 0.4) is 0 Å². The quantitative estimate of drug-likeness (QED) is 0.164. The Morgan fingerprint density at radius 1 is 0.824 bits per heavy atom. The standard InChI is InChI=1S/C28H33N5O/c34-17-9-4-2-1-3-8-16-29-19-23-12-14-24(15-13-23)26-18-25-27(31-21-32-28(25)33-26)30-20-22-10-6-5-7-11-22/h5-7,10-15,17-18,21,29H,1-4,8-9,16,19-20H2,(H2,30,31,32,33). The fourth-order valence-electron chi connectivity index (χ4n) is 4.06. The minimum absolute atomic E-state index is 0.701. The molecule has 3 N–H and O–H groups in total. The van der Waals surface area contributed by atoms with Gasteiger partial charge in [0.2, 0.25) is 0 Å². The first kappa shape index (κ1) is 23.6. The lowest BCUT2D eigenvalue weighted by molar-refractivity contribution is -0.107. The number of carbonyl (C=O) groups excluding carboxylic acids is 1. The van der Waals surface area contributed by atoms with Crippen LogP contribution in [0.15, 0.2) is 67.0 Å². The van der Waals surface area contributed by atoms with Crippen LogP contribution >= 0.6 is 0 Å². The molecule has 0 unspecified atom stereocenters. The number of nitrogens with one attached hydrogen (secondary N) is 3. The van der Waals surface area contributed by atoms with Crippen LogP contribution < -0.4 is 10.6 Å². The third-order valence-corrected chi connectivity index (χ3v) is 6.00. The van der Waals surface area contributed by atoms with E-state index >= 15 is 0 Å². The summed E-state index contributed by atoms with van der Waals surface area (Å²) >= 11 is 0. The lowest BCUT2D eigenvalue weighted by Gasteiger charge is -2.06. The van der Waals surface area contributed by atoms with Crippen molar-refractivity contribution in [3.63, 3.8) is 0 Å². The molecule has 4 rings (SSSR count). The van der Waals surface area contributed by atoms with Crippen LogP contribution in [0.5, 0.6) is 0 Å². The SMILES string of the molecule is O=CCCCCCCCNCc1ccc(-c2cc3c(NCc4ccccc4)ncnc3[nH]2)cc1. The highest BCUT2D eigenvalue weighted by molar-refractivity contribution is 5.91. The van der Waals surface area contributed by atoms with Crippen molar-refractivity contribution in [2.24, 2.45) is 0 Å². The molecule has 0 radical (unpaired) electrons. The summed E-state index contributed by atoms with van der Waals surface area (Å²) in [5, 5.41) is 7.95. The van der Waals surface area contributed by atoms with Gasteiger partial charge >= 0.3 is 0 Å². The number of anilines is 1. The Balaban J connectivity index is 1.29. The molecule has 0 fully saturated rings. The van der Waals surface area contributed by atoms with E-state index in [1.54, 1.807) is 6.33 Å². The summed E-state index contributed by atoms with van der Waals surface area (Å²) in [5.41, 5.74) is 5.48. The highest BCUT2D eigenvalue weighted by atomic mass is 16.1. The van der Waals surface area contributed by atoms with E-state index in [0.29, 0.717) is 6.42 Å². The van der Waals surface area contributed by atoms with Gasteiger partial charge in [-0.25, -0.2) is 9.97 Å². The Kier molecular flexibility index (Phi) is 8.80. The fraction of sp³-hybridized carbons (Fsp3) is 0.321. The van der Waals surface area contributed by atoms with Crippen molar-refractivity contribution in [3.8, 4) is 11.3 Å². The van der Waals surface area contributed by atoms with Crippen LogP contribution in [-0.2, 0) is 17.9 Å². The van der Waals surface area contributed by atoms with Crippen LogP contribution in [0.25, 0.3) is 22.3 Å². The van der Waals surface area contributed by atoms with Crippen molar-refractivity contribution in [1.29, 1.82) is 0 Å². The minimum Gasteiger partial charge on any atom is -0.365 e. The molecule has 0 amide bonds. The van der Waals surface area contributed by atoms with Gasteiger partial charge in [0.15, 0.2) is 0 Å². The summed E-state index contributed by atoms with van der Waals surface area (Å²) in [5.74, 6) is 0.834. The number of carbonyl (C=O) groups is 1. The van der Waals surface area contributed by atoms with Crippen molar-refractivity contribution in [2.75, 3.05) is 11.9 Å². The first-order chi connectivity index (χ1) is 16.8. The molecule has 2 aromatic heterocycles. The summed E-state index contributed by atoms with van der Waals surface area (Å²) < 4.78 is 0. The second-order valence-corrected chi connectivity index (χ2v) is 8.60. The second-order valence-electron chi connectivity index (χ2n) is 8.60. The summed E-state index contributed by atoms with van der Waals surface area (Å²) in [6.45, 7) is 2.61. The molecule has 0 saturated heterocycles. The fourth-order valence-corrected chi connectivity index (χ4v) is 4.06. The van der Waals surface area contributed by atoms with Gasteiger partial charge in [0.05, 0.1) is 5.39 Å². The minimum atomic E-state index is 0.701. The zero-order valence-corrected chi connectivity index (χ0v) is 19.6. The van der Waals surface area contributed by atoms with Gasteiger partial charge in [0.25, 0.3) is 0 Å². The van der Waals surface area contributed by atoms with E-state index in [0.717, 1.165) is 66.9 Å². The molecular weight excluding hydrogens is 422 g/mol. The van der Waals surface area contributed by atoms with E-state index in [1.807, 2.05) is 18.2 Å². The Labute approximate surface area is 201 Å². The number of hydrogen-bond donors (Lipinski definition) is 3. The Hall–Kier alpha value is -3.51. The lowest BCUT2D eigenvalue weighted by Crippen LogP contribution is -2.14. The largest absolute Gasteiger partial charge is 0.365 e. The van der Waals surface area contributed by atoms with Crippen molar-refractivity contribution in [2.45, 2.75) is 51.6 Å². The Morgan fingerprint density at radius 2 is 1.59 bits per heavy atom. The van der Waals surface area contributed by atoms with Gasteiger partial charge in [-0.05, 0) is 42.1 Å². The monoisotopic (exact) mass is 455 g/mol. The van der Waals surface area contributed by atoms with E-state index in [2.05, 4.69) is 68.1 Å². The predicted octanol–water partition coefficient (Wildman–Crippen LogP) is 5.87. The molecule has 0 saturated carbocycles. The maximum Gasteiger partial charge on any atom is 0.143 e. The molecule has 0 atom stereocenters. The molecule has 6 heteroatoms. The van der Waals surface area contributed by atoms with Crippen LogP contribution in [-0.4, -0.2) is 27.8 Å². The first-order valence-electron chi connectivity index (χ1n) is 12.2. The number of fused-ring (bicyclic) bond motifs is 1. The van der Waals surface area contributed by atoms with E-state index in [9.17, 15) is 4.79 Å². The van der Waals surface area contributed by atoms with E-state index in [4.69, 9.17) is 0 Å². The lowest BCUT2D eigenvalue weighted by atomic mass is 10.1. The van der Waals surface area contributed by atoms with Crippen LogP contribution in [0.1, 0.15) is 49.7 Å². The van der Waals surface area contributed by atoms with Gasteiger partial charge in [-0.3, -0.25) is 0 Å². The van der Waals surface area contributed by atoms with E-state index in [-0.39, 0.29) is 0 Å². The molecule has 0 aliphatic rings. The van der Waals surface area contributed by atoms with Crippen LogP contribution in [0, 0.1) is 0 Å². The molecule has 2 heterocycles. The number of hydrogen-bond acceptors (Lipinski definition) is 5. The van der Waals surface area contributed by atoms with Crippen LogP contribution in [0.4, 0.5) is 5.82 Å². The Bertz CT molecular complexity index is 1150. The number of benzene rings is 2. The molecule has 6 nitrogen and oxygen atoms in total. The summed E-state index contributed by atoms with van der Waals surface area (Å²) in [7, 11) is 0. The topological polar surface area (TPSA) is 82.7 Å². The number of aromatic amines is 1. The molecule has 0 aliphatic heterocycles. The highest BCUT2D eigenvalue weighted by Gasteiger charge is 2.09. The first-order valence-corrected chi connectivity index (χ1v) is 12.2. The molecule has 176 valence electrons. The van der Waals surface area contributed by atoms with Gasteiger partial charge in [-0.1, -0.05) is 73.9 Å². The summed E-state index contributed by atoms with van der Waals surface area (Å²) in [4.78, 5) is 22.6. The van der Waals surface area contributed by atoms with Crippen LogP contribution in [0.2, 0.25) is 0 Å².